The second-order valence-electron chi connectivity index (χ2n) is 7.63. The van der Waals surface area contributed by atoms with Gasteiger partial charge in [-0.15, -0.1) is 0 Å². The van der Waals surface area contributed by atoms with Crippen molar-refractivity contribution in [2.24, 2.45) is 11.1 Å². The molecule has 1 unspecified atom stereocenters. The van der Waals surface area contributed by atoms with Gasteiger partial charge in [-0.2, -0.15) is 13.2 Å². The van der Waals surface area contributed by atoms with Crippen molar-refractivity contribution in [1.82, 2.24) is 10.3 Å². The van der Waals surface area contributed by atoms with Crippen LogP contribution in [0, 0.1) is 12.8 Å². The Hall–Kier alpha value is -2.19. The number of benzene rings is 1. The lowest BCUT2D eigenvalue weighted by molar-refractivity contribution is -0.136. The van der Waals surface area contributed by atoms with Crippen molar-refractivity contribution >= 4 is 16.6 Å². The Kier molecular flexibility index (Phi) is 6.74. The Labute approximate surface area is 167 Å². The van der Waals surface area contributed by atoms with E-state index in [-0.39, 0.29) is 23.4 Å². The molecule has 1 atom stereocenters. The SMILES string of the molecule is Cc1cc(C(O)CNC/C(=N\O)C2CCCCC2)c2cccc(C(F)(F)F)c2n1. The lowest BCUT2D eigenvalue weighted by Crippen LogP contribution is -2.32. The molecule has 1 saturated carbocycles. The number of oxime groups is 1. The first-order valence-electron chi connectivity index (χ1n) is 9.88. The minimum Gasteiger partial charge on any atom is -0.411 e. The molecular formula is C21H26F3N3O2. The van der Waals surface area contributed by atoms with Crippen molar-refractivity contribution in [2.75, 3.05) is 13.1 Å². The number of hydrogen-bond acceptors (Lipinski definition) is 5. The van der Waals surface area contributed by atoms with E-state index in [1.807, 2.05) is 0 Å². The summed E-state index contributed by atoms with van der Waals surface area (Å²) in [6.45, 7) is 2.06. The first-order valence-corrected chi connectivity index (χ1v) is 9.88. The number of alkyl halides is 3. The summed E-state index contributed by atoms with van der Waals surface area (Å²) in [4.78, 5) is 4.06. The quantitative estimate of drug-likeness (QED) is 0.370. The van der Waals surface area contributed by atoms with Gasteiger partial charge in [0.15, 0.2) is 0 Å². The Morgan fingerprint density at radius 2 is 2.00 bits per heavy atom. The van der Waals surface area contributed by atoms with E-state index >= 15 is 0 Å². The Morgan fingerprint density at radius 3 is 2.66 bits per heavy atom. The van der Waals surface area contributed by atoms with Gasteiger partial charge in [0.05, 0.1) is 22.9 Å². The van der Waals surface area contributed by atoms with Crippen molar-refractivity contribution in [3.63, 3.8) is 0 Å². The zero-order valence-electron chi connectivity index (χ0n) is 16.3. The van der Waals surface area contributed by atoms with Crippen molar-refractivity contribution in [1.29, 1.82) is 0 Å². The van der Waals surface area contributed by atoms with Gasteiger partial charge in [0.25, 0.3) is 0 Å². The van der Waals surface area contributed by atoms with Gasteiger partial charge in [0.1, 0.15) is 0 Å². The van der Waals surface area contributed by atoms with E-state index < -0.39 is 17.8 Å². The molecule has 3 rings (SSSR count). The molecule has 1 aliphatic rings. The van der Waals surface area contributed by atoms with Crippen molar-refractivity contribution in [3.05, 3.63) is 41.1 Å². The number of para-hydroxylation sites is 1. The van der Waals surface area contributed by atoms with Crippen LogP contribution in [-0.4, -0.2) is 34.1 Å². The first kappa shape index (κ1) is 21.5. The molecule has 158 valence electrons. The number of hydrogen-bond donors (Lipinski definition) is 3. The summed E-state index contributed by atoms with van der Waals surface area (Å²) in [5.41, 5.74) is 0.488. The maximum absolute atomic E-state index is 13.3. The molecule has 1 fully saturated rings. The highest BCUT2D eigenvalue weighted by atomic mass is 19.4. The van der Waals surface area contributed by atoms with Gasteiger partial charge in [-0.25, -0.2) is 0 Å². The predicted octanol–water partition coefficient (Wildman–Crippen LogP) is 4.60. The maximum atomic E-state index is 13.3. The standard InChI is InChI=1S/C21H26F3N3O2/c1-13-10-16(15-8-5-9-17(20(15)26-13)21(22,23)24)19(28)12-25-11-18(27-29)14-6-3-2-4-7-14/h5,8-10,14,19,25,28-29H,2-4,6-7,11-12H2,1H3/b27-18+. The molecule has 0 radical (unpaired) electrons. The fourth-order valence-corrected chi connectivity index (χ4v) is 4.06. The van der Waals surface area contributed by atoms with Crippen LogP contribution in [0.25, 0.3) is 10.9 Å². The van der Waals surface area contributed by atoms with Gasteiger partial charge in [0, 0.05) is 30.1 Å². The second-order valence-corrected chi connectivity index (χ2v) is 7.63. The van der Waals surface area contributed by atoms with Gasteiger partial charge >= 0.3 is 6.18 Å². The highest BCUT2D eigenvalue weighted by Gasteiger charge is 2.33. The molecule has 1 heterocycles. The smallest absolute Gasteiger partial charge is 0.411 e. The van der Waals surface area contributed by atoms with Crippen LogP contribution in [0.4, 0.5) is 13.2 Å². The van der Waals surface area contributed by atoms with Gasteiger partial charge < -0.3 is 15.6 Å². The van der Waals surface area contributed by atoms with Crippen LogP contribution in [0.15, 0.2) is 29.4 Å². The van der Waals surface area contributed by atoms with Gasteiger partial charge in [-0.1, -0.05) is 36.6 Å². The van der Waals surface area contributed by atoms with Crippen molar-refractivity contribution in [2.45, 2.75) is 51.3 Å². The zero-order valence-corrected chi connectivity index (χ0v) is 16.3. The molecule has 0 bridgehead atoms. The number of rotatable bonds is 6. The minimum absolute atomic E-state index is 0.126. The van der Waals surface area contributed by atoms with Crippen LogP contribution in [0.1, 0.15) is 55.0 Å². The molecule has 0 spiro atoms. The van der Waals surface area contributed by atoms with Crippen LogP contribution in [0.5, 0.6) is 0 Å². The highest BCUT2D eigenvalue weighted by molar-refractivity contribution is 5.88. The topological polar surface area (TPSA) is 77.7 Å². The number of aryl methyl sites for hydroxylation is 1. The highest BCUT2D eigenvalue weighted by Crippen LogP contribution is 2.36. The Bertz CT molecular complexity index is 877. The molecule has 1 aromatic carbocycles. The van der Waals surface area contributed by atoms with Gasteiger partial charge in [-0.3, -0.25) is 4.98 Å². The van der Waals surface area contributed by atoms with Crippen LogP contribution in [0.2, 0.25) is 0 Å². The molecule has 0 amide bonds. The average molecular weight is 409 g/mol. The fraction of sp³-hybridized carbons (Fsp3) is 0.524. The molecule has 1 aliphatic carbocycles. The monoisotopic (exact) mass is 409 g/mol. The van der Waals surface area contributed by atoms with E-state index in [0.29, 0.717) is 23.5 Å². The summed E-state index contributed by atoms with van der Waals surface area (Å²) in [5, 5.41) is 26.8. The third kappa shape index (κ3) is 5.05. The van der Waals surface area contributed by atoms with E-state index in [1.54, 1.807) is 13.0 Å². The number of aliphatic hydroxyl groups excluding tert-OH is 1. The van der Waals surface area contributed by atoms with E-state index in [0.717, 1.165) is 31.7 Å². The van der Waals surface area contributed by atoms with Crippen molar-refractivity contribution < 1.29 is 23.5 Å². The summed E-state index contributed by atoms with van der Waals surface area (Å²) in [6.07, 6.45) is -0.167. The molecule has 3 N–H and O–H groups in total. The van der Waals surface area contributed by atoms with Crippen LogP contribution in [0.3, 0.4) is 0 Å². The summed E-state index contributed by atoms with van der Waals surface area (Å²) < 4.78 is 40.0. The van der Waals surface area contributed by atoms with E-state index in [2.05, 4.69) is 15.5 Å². The number of pyridine rings is 1. The normalized spacial score (nSPS) is 17.6. The predicted molar refractivity (Wildman–Crippen MR) is 105 cm³/mol. The lowest BCUT2D eigenvalue weighted by atomic mass is 9.86. The summed E-state index contributed by atoms with van der Waals surface area (Å²) in [7, 11) is 0. The van der Waals surface area contributed by atoms with E-state index in [9.17, 15) is 23.5 Å². The molecule has 5 nitrogen and oxygen atoms in total. The number of aromatic nitrogens is 1. The lowest BCUT2D eigenvalue weighted by Gasteiger charge is -2.23. The summed E-state index contributed by atoms with van der Waals surface area (Å²) >= 11 is 0. The summed E-state index contributed by atoms with van der Waals surface area (Å²) in [5.74, 6) is 0.233. The number of nitrogens with one attached hydrogen (secondary N) is 1. The average Bonchev–Trinajstić information content (AvgIpc) is 2.70. The number of nitrogens with zero attached hydrogens (tertiary/aromatic N) is 2. The molecule has 1 aromatic heterocycles. The number of halogens is 3. The van der Waals surface area contributed by atoms with Crippen LogP contribution >= 0.6 is 0 Å². The third-order valence-corrected chi connectivity index (χ3v) is 5.51. The molecule has 0 saturated heterocycles. The van der Waals surface area contributed by atoms with E-state index in [4.69, 9.17) is 0 Å². The first-order chi connectivity index (χ1) is 13.8. The zero-order chi connectivity index (χ0) is 21.0. The molecule has 8 heteroatoms. The molecular weight excluding hydrogens is 383 g/mol. The Morgan fingerprint density at radius 1 is 1.28 bits per heavy atom. The van der Waals surface area contributed by atoms with Gasteiger partial charge in [-0.05, 0) is 37.5 Å². The maximum Gasteiger partial charge on any atom is 0.418 e. The number of fused-ring (bicyclic) bond motifs is 1. The third-order valence-electron chi connectivity index (χ3n) is 5.51. The second kappa shape index (κ2) is 9.09. The summed E-state index contributed by atoms with van der Waals surface area (Å²) in [6, 6.07) is 5.47. The fourth-order valence-electron chi connectivity index (χ4n) is 4.06. The molecule has 2 aromatic rings. The Balaban J connectivity index is 1.76. The molecule has 0 aliphatic heterocycles. The van der Waals surface area contributed by atoms with Gasteiger partial charge in [0.2, 0.25) is 0 Å². The largest absolute Gasteiger partial charge is 0.418 e. The molecule has 29 heavy (non-hydrogen) atoms. The number of aliphatic hydroxyl groups is 1. The van der Waals surface area contributed by atoms with Crippen molar-refractivity contribution in [3.8, 4) is 0 Å². The van der Waals surface area contributed by atoms with Crippen LogP contribution in [-0.2, 0) is 6.18 Å². The van der Waals surface area contributed by atoms with Crippen LogP contribution < -0.4 is 5.32 Å². The minimum atomic E-state index is -4.52. The van der Waals surface area contributed by atoms with E-state index in [1.165, 1.54) is 18.6 Å².